The number of methoxy groups -OCH3 is 1. The molecule has 0 unspecified atom stereocenters. The number of aromatic nitrogens is 1. The molecule has 0 aliphatic heterocycles. The van der Waals surface area contributed by atoms with Crippen LogP contribution in [0.2, 0.25) is 0 Å². The lowest BCUT2D eigenvalue weighted by atomic mass is 9.86. The quantitative estimate of drug-likeness (QED) is 0.639. The van der Waals surface area contributed by atoms with Crippen LogP contribution in [-0.4, -0.2) is 30.8 Å². The van der Waals surface area contributed by atoms with Crippen molar-refractivity contribution in [3.8, 4) is 5.75 Å². The Balaban J connectivity index is 1.44. The Morgan fingerprint density at radius 3 is 2.48 bits per heavy atom. The molecule has 0 spiro atoms. The lowest BCUT2D eigenvalue weighted by molar-refractivity contribution is -0.137. The summed E-state index contributed by atoms with van der Waals surface area (Å²) < 4.78 is 49.7. The van der Waals surface area contributed by atoms with Gasteiger partial charge in [0, 0.05) is 25.0 Å². The van der Waals surface area contributed by atoms with Gasteiger partial charge in [0.15, 0.2) is 0 Å². The van der Waals surface area contributed by atoms with Crippen molar-refractivity contribution in [2.45, 2.75) is 44.5 Å². The molecule has 1 aromatic carbocycles. The number of hydrogen-bond donors (Lipinski definition) is 2. The van der Waals surface area contributed by atoms with E-state index < -0.39 is 17.8 Å². The molecule has 9 heteroatoms. The number of rotatable bonds is 7. The van der Waals surface area contributed by atoms with Crippen LogP contribution in [0.25, 0.3) is 0 Å². The van der Waals surface area contributed by atoms with Crippen molar-refractivity contribution < 1.29 is 27.4 Å². The number of alkyl halides is 3. The molecular formula is C22H26F3N3O3. The van der Waals surface area contributed by atoms with E-state index in [4.69, 9.17) is 9.47 Å². The first-order chi connectivity index (χ1) is 14.8. The Kier molecular flexibility index (Phi) is 7.73. The summed E-state index contributed by atoms with van der Waals surface area (Å²) in [5.41, 5.74) is 0.205. The van der Waals surface area contributed by atoms with Crippen LogP contribution >= 0.6 is 0 Å². The van der Waals surface area contributed by atoms with E-state index in [1.165, 1.54) is 13.2 Å². The molecule has 0 atom stereocenters. The minimum atomic E-state index is -4.50. The summed E-state index contributed by atoms with van der Waals surface area (Å²) in [6.45, 7) is 1.20. The summed E-state index contributed by atoms with van der Waals surface area (Å²) in [7, 11) is 1.34. The van der Waals surface area contributed by atoms with E-state index in [1.54, 1.807) is 12.4 Å². The molecule has 0 saturated heterocycles. The molecule has 168 valence electrons. The van der Waals surface area contributed by atoms with E-state index in [2.05, 4.69) is 15.6 Å². The van der Waals surface area contributed by atoms with E-state index in [9.17, 15) is 18.0 Å². The maximum absolute atomic E-state index is 13.0. The molecule has 2 N–H and O–H groups in total. The SMILES string of the molecule is COc1ccc(C(F)(F)F)cc1NC(=O)N[C@H]1CC[C@H](COCc2ccncc2)CC1. The van der Waals surface area contributed by atoms with Crippen LogP contribution in [0.4, 0.5) is 23.7 Å². The molecule has 1 heterocycles. The predicted molar refractivity (Wildman–Crippen MR) is 110 cm³/mol. The fourth-order valence-corrected chi connectivity index (χ4v) is 3.62. The van der Waals surface area contributed by atoms with Crippen molar-refractivity contribution in [3.63, 3.8) is 0 Å². The Morgan fingerprint density at radius 2 is 1.84 bits per heavy atom. The lowest BCUT2D eigenvalue weighted by Crippen LogP contribution is -2.40. The van der Waals surface area contributed by atoms with Gasteiger partial charge in [0.2, 0.25) is 0 Å². The number of pyridine rings is 1. The number of nitrogens with zero attached hydrogens (tertiary/aromatic N) is 1. The molecule has 0 bridgehead atoms. The summed E-state index contributed by atoms with van der Waals surface area (Å²) in [5, 5.41) is 5.32. The number of ether oxygens (including phenoxy) is 2. The van der Waals surface area contributed by atoms with E-state index >= 15 is 0 Å². The van der Waals surface area contributed by atoms with Crippen LogP contribution in [0.3, 0.4) is 0 Å². The molecule has 1 saturated carbocycles. The van der Waals surface area contributed by atoms with Crippen LogP contribution in [0.1, 0.15) is 36.8 Å². The first-order valence-corrected chi connectivity index (χ1v) is 10.1. The molecule has 2 amide bonds. The van der Waals surface area contributed by atoms with Gasteiger partial charge in [-0.15, -0.1) is 0 Å². The standard InChI is InChI=1S/C22H26F3N3O3/c1-30-20-7-4-17(22(23,24)25)12-19(20)28-21(29)27-18-5-2-15(3-6-18)13-31-14-16-8-10-26-11-9-16/h4,7-12,15,18H,2-3,5-6,13-14H2,1H3,(H2,27,28,29)/t15-,18-. The second-order valence-corrected chi connectivity index (χ2v) is 7.60. The normalized spacial score (nSPS) is 19.0. The molecule has 1 aromatic heterocycles. The fourth-order valence-electron chi connectivity index (χ4n) is 3.62. The number of amides is 2. The van der Waals surface area contributed by atoms with Crippen molar-refractivity contribution in [2.75, 3.05) is 19.0 Å². The maximum Gasteiger partial charge on any atom is 0.416 e. The van der Waals surface area contributed by atoms with Gasteiger partial charge in [-0.1, -0.05) is 0 Å². The summed E-state index contributed by atoms with van der Waals surface area (Å²) >= 11 is 0. The molecule has 1 aliphatic carbocycles. The van der Waals surface area contributed by atoms with Gasteiger partial charge in [0.05, 0.1) is 25.0 Å². The molecule has 1 fully saturated rings. The first-order valence-electron chi connectivity index (χ1n) is 10.1. The number of benzene rings is 1. The monoisotopic (exact) mass is 437 g/mol. The summed E-state index contributed by atoms with van der Waals surface area (Å²) in [6, 6.07) is 6.23. The van der Waals surface area contributed by atoms with Crippen LogP contribution in [0, 0.1) is 5.92 Å². The second kappa shape index (κ2) is 10.5. The van der Waals surface area contributed by atoms with Gasteiger partial charge in [-0.05, 0) is 67.5 Å². The Morgan fingerprint density at radius 1 is 1.13 bits per heavy atom. The van der Waals surface area contributed by atoms with Crippen molar-refractivity contribution in [2.24, 2.45) is 5.92 Å². The average Bonchev–Trinajstić information content (AvgIpc) is 2.75. The highest BCUT2D eigenvalue weighted by Gasteiger charge is 2.31. The van der Waals surface area contributed by atoms with E-state index in [0.717, 1.165) is 43.4 Å². The van der Waals surface area contributed by atoms with Crippen LogP contribution in [0.15, 0.2) is 42.7 Å². The lowest BCUT2D eigenvalue weighted by Gasteiger charge is -2.29. The third kappa shape index (κ3) is 6.85. The molecule has 0 radical (unpaired) electrons. The van der Waals surface area contributed by atoms with Gasteiger partial charge in [-0.2, -0.15) is 13.2 Å². The Labute approximate surface area is 179 Å². The first kappa shape index (κ1) is 22.9. The number of anilines is 1. The second-order valence-electron chi connectivity index (χ2n) is 7.60. The molecule has 2 aromatic rings. The van der Waals surface area contributed by atoms with E-state index in [0.29, 0.717) is 19.1 Å². The van der Waals surface area contributed by atoms with Crippen molar-refractivity contribution >= 4 is 11.7 Å². The number of urea groups is 1. The zero-order valence-corrected chi connectivity index (χ0v) is 17.2. The van der Waals surface area contributed by atoms with Gasteiger partial charge >= 0.3 is 12.2 Å². The Hall–Kier alpha value is -2.81. The number of hydrogen-bond acceptors (Lipinski definition) is 4. The minimum absolute atomic E-state index is 0.0203. The topological polar surface area (TPSA) is 72.5 Å². The van der Waals surface area contributed by atoms with Crippen molar-refractivity contribution in [1.29, 1.82) is 0 Å². The van der Waals surface area contributed by atoms with Crippen molar-refractivity contribution in [1.82, 2.24) is 10.3 Å². The number of carbonyl (C=O) groups excluding carboxylic acids is 1. The molecule has 6 nitrogen and oxygen atoms in total. The smallest absolute Gasteiger partial charge is 0.416 e. The van der Waals surface area contributed by atoms with Crippen molar-refractivity contribution in [3.05, 3.63) is 53.9 Å². The zero-order chi connectivity index (χ0) is 22.3. The average molecular weight is 437 g/mol. The summed E-state index contributed by atoms with van der Waals surface area (Å²) in [6.07, 6.45) is 2.36. The number of nitrogens with one attached hydrogen (secondary N) is 2. The minimum Gasteiger partial charge on any atom is -0.495 e. The van der Waals surface area contributed by atoms with Crippen LogP contribution in [0.5, 0.6) is 5.75 Å². The highest BCUT2D eigenvalue weighted by Crippen LogP contribution is 2.35. The van der Waals surface area contributed by atoms with Gasteiger partial charge in [-0.3, -0.25) is 4.98 Å². The highest BCUT2D eigenvalue weighted by atomic mass is 19.4. The third-order valence-electron chi connectivity index (χ3n) is 5.33. The highest BCUT2D eigenvalue weighted by molar-refractivity contribution is 5.91. The third-order valence-corrected chi connectivity index (χ3v) is 5.33. The molecule has 1 aliphatic rings. The van der Waals surface area contributed by atoms with Gasteiger partial charge in [0.25, 0.3) is 0 Å². The Bertz CT molecular complexity index is 854. The molecule has 3 rings (SSSR count). The zero-order valence-electron chi connectivity index (χ0n) is 17.2. The number of carbonyl (C=O) groups is 1. The molecular weight excluding hydrogens is 411 g/mol. The maximum atomic E-state index is 13.0. The van der Waals surface area contributed by atoms with Crippen LogP contribution < -0.4 is 15.4 Å². The van der Waals surface area contributed by atoms with Crippen LogP contribution in [-0.2, 0) is 17.5 Å². The van der Waals surface area contributed by atoms with Gasteiger partial charge in [-0.25, -0.2) is 4.79 Å². The predicted octanol–water partition coefficient (Wildman–Crippen LogP) is 5.01. The molecule has 31 heavy (non-hydrogen) atoms. The van der Waals surface area contributed by atoms with Gasteiger partial charge in [0.1, 0.15) is 5.75 Å². The van der Waals surface area contributed by atoms with E-state index in [-0.39, 0.29) is 17.5 Å². The largest absolute Gasteiger partial charge is 0.495 e. The summed E-state index contributed by atoms with van der Waals surface area (Å²) in [4.78, 5) is 16.3. The fraction of sp³-hybridized carbons (Fsp3) is 0.455. The van der Waals surface area contributed by atoms with Gasteiger partial charge < -0.3 is 20.1 Å². The van der Waals surface area contributed by atoms with E-state index in [1.807, 2.05) is 12.1 Å². The number of halogens is 3. The summed E-state index contributed by atoms with van der Waals surface area (Å²) in [5.74, 6) is 0.588.